The molecule has 0 saturated heterocycles. The lowest BCUT2D eigenvalue weighted by Crippen LogP contribution is -2.35. The van der Waals surface area contributed by atoms with Crippen LogP contribution in [0.15, 0.2) is 84.6 Å². The minimum Gasteiger partial charge on any atom is -0.350 e. The Labute approximate surface area is 184 Å². The summed E-state index contributed by atoms with van der Waals surface area (Å²) < 4.78 is 13.2. The van der Waals surface area contributed by atoms with Crippen molar-refractivity contribution in [3.63, 3.8) is 0 Å². The summed E-state index contributed by atoms with van der Waals surface area (Å²) in [6.45, 7) is 0.320. The van der Waals surface area contributed by atoms with E-state index < -0.39 is 11.8 Å². The third-order valence-corrected chi connectivity index (χ3v) is 4.80. The van der Waals surface area contributed by atoms with Gasteiger partial charge in [-0.2, -0.15) is 0 Å². The summed E-state index contributed by atoms with van der Waals surface area (Å²) >= 11 is 0. The van der Waals surface area contributed by atoms with Crippen molar-refractivity contribution >= 4 is 28.9 Å². The number of hydrogen-bond donors (Lipinski definition) is 3. The van der Waals surface area contributed by atoms with Crippen LogP contribution < -0.4 is 10.6 Å². The first-order valence-corrected chi connectivity index (χ1v) is 10.1. The van der Waals surface area contributed by atoms with E-state index in [0.29, 0.717) is 24.1 Å². The van der Waals surface area contributed by atoms with Gasteiger partial charge in [0.2, 0.25) is 0 Å². The highest BCUT2D eigenvalue weighted by Crippen LogP contribution is 2.11. The lowest BCUT2D eigenvalue weighted by Gasteiger charge is -2.11. The van der Waals surface area contributed by atoms with Crippen LogP contribution >= 0.6 is 0 Å². The largest absolute Gasteiger partial charge is 0.350 e. The maximum Gasteiger partial charge on any atom is 0.267 e. The standard InChI is InChI=1S/C25H21FN4O2/c26-19-12-10-17(11-13-19)16-22(30-24(31)18-6-2-1-3-7-18)25(32)27-15-14-23-28-20-8-4-5-9-21(20)29-23/h1-13,16H,14-15H2,(H,27,32)(H,28,29)(H,30,31). The van der Waals surface area contributed by atoms with E-state index in [-0.39, 0.29) is 11.5 Å². The fourth-order valence-corrected chi connectivity index (χ4v) is 3.18. The molecular weight excluding hydrogens is 407 g/mol. The van der Waals surface area contributed by atoms with E-state index in [4.69, 9.17) is 0 Å². The molecule has 4 rings (SSSR count). The molecule has 7 heteroatoms. The first kappa shape index (κ1) is 21.0. The summed E-state index contributed by atoms with van der Waals surface area (Å²) in [5.74, 6) is -0.489. The van der Waals surface area contributed by atoms with Crippen molar-refractivity contribution in [2.75, 3.05) is 6.54 Å². The summed E-state index contributed by atoms with van der Waals surface area (Å²) in [6.07, 6.45) is 2.01. The Morgan fingerprint density at radius 3 is 2.41 bits per heavy atom. The van der Waals surface area contributed by atoms with E-state index >= 15 is 0 Å². The first-order chi connectivity index (χ1) is 15.6. The smallest absolute Gasteiger partial charge is 0.267 e. The van der Waals surface area contributed by atoms with Crippen molar-refractivity contribution in [3.8, 4) is 0 Å². The molecule has 1 heterocycles. The van der Waals surface area contributed by atoms with E-state index in [9.17, 15) is 14.0 Å². The fraction of sp³-hybridized carbons (Fsp3) is 0.0800. The number of imidazole rings is 1. The van der Waals surface area contributed by atoms with Crippen LogP contribution in [0.3, 0.4) is 0 Å². The zero-order valence-corrected chi connectivity index (χ0v) is 17.1. The average molecular weight is 428 g/mol. The number of aromatic amines is 1. The van der Waals surface area contributed by atoms with Gasteiger partial charge in [0.05, 0.1) is 11.0 Å². The van der Waals surface area contributed by atoms with Crippen molar-refractivity contribution in [1.29, 1.82) is 0 Å². The number of para-hydroxylation sites is 2. The summed E-state index contributed by atoms with van der Waals surface area (Å²) in [7, 11) is 0. The Morgan fingerprint density at radius 2 is 1.66 bits per heavy atom. The van der Waals surface area contributed by atoms with Crippen molar-refractivity contribution in [3.05, 3.63) is 107 Å². The normalized spacial score (nSPS) is 11.3. The number of amides is 2. The summed E-state index contributed by atoms with van der Waals surface area (Å²) in [5.41, 5.74) is 2.87. The molecule has 1 aromatic heterocycles. The Hall–Kier alpha value is -4.26. The maximum atomic E-state index is 13.2. The predicted molar refractivity (Wildman–Crippen MR) is 121 cm³/mol. The van der Waals surface area contributed by atoms with Crippen LogP contribution in [0.25, 0.3) is 17.1 Å². The number of fused-ring (bicyclic) bond motifs is 1. The molecule has 0 bridgehead atoms. The van der Waals surface area contributed by atoms with Gasteiger partial charge in [-0.15, -0.1) is 0 Å². The van der Waals surface area contributed by atoms with E-state index in [1.54, 1.807) is 30.3 Å². The van der Waals surface area contributed by atoms with Gasteiger partial charge in [-0.3, -0.25) is 9.59 Å². The van der Waals surface area contributed by atoms with Crippen molar-refractivity contribution in [2.24, 2.45) is 0 Å². The molecule has 0 radical (unpaired) electrons. The third kappa shape index (κ3) is 5.26. The van der Waals surface area contributed by atoms with Gasteiger partial charge in [0.15, 0.2) is 0 Å². The number of hydrogen-bond acceptors (Lipinski definition) is 3. The van der Waals surface area contributed by atoms with Gasteiger partial charge in [-0.25, -0.2) is 9.37 Å². The number of rotatable bonds is 7. The molecule has 0 atom stereocenters. The Balaban J connectivity index is 1.47. The van der Waals surface area contributed by atoms with Gasteiger partial charge in [0.1, 0.15) is 17.3 Å². The number of H-pyrrole nitrogens is 1. The fourth-order valence-electron chi connectivity index (χ4n) is 3.18. The molecule has 0 aliphatic heterocycles. The second-order valence-electron chi connectivity index (χ2n) is 7.14. The molecule has 0 fully saturated rings. The molecule has 3 aromatic carbocycles. The molecule has 6 nitrogen and oxygen atoms in total. The first-order valence-electron chi connectivity index (χ1n) is 10.1. The second-order valence-corrected chi connectivity index (χ2v) is 7.14. The van der Waals surface area contributed by atoms with E-state index in [1.807, 2.05) is 24.3 Å². The quantitative estimate of drug-likeness (QED) is 0.391. The molecule has 4 aromatic rings. The van der Waals surface area contributed by atoms with Crippen LogP contribution in [0.5, 0.6) is 0 Å². The molecule has 32 heavy (non-hydrogen) atoms. The monoisotopic (exact) mass is 428 g/mol. The molecule has 0 saturated carbocycles. The van der Waals surface area contributed by atoms with Crippen LogP contribution in [-0.2, 0) is 11.2 Å². The van der Waals surface area contributed by atoms with Gasteiger partial charge >= 0.3 is 0 Å². The third-order valence-electron chi connectivity index (χ3n) is 4.80. The number of carbonyl (C=O) groups is 2. The average Bonchev–Trinajstić information content (AvgIpc) is 3.23. The molecular formula is C25H21FN4O2. The molecule has 160 valence electrons. The van der Waals surface area contributed by atoms with Gasteiger partial charge in [-0.1, -0.05) is 42.5 Å². The number of aromatic nitrogens is 2. The highest BCUT2D eigenvalue weighted by Gasteiger charge is 2.15. The number of nitrogens with one attached hydrogen (secondary N) is 3. The van der Waals surface area contributed by atoms with Crippen LogP contribution in [-0.4, -0.2) is 28.3 Å². The molecule has 0 aliphatic carbocycles. The number of nitrogens with zero attached hydrogens (tertiary/aromatic N) is 1. The van der Waals surface area contributed by atoms with Crippen LogP contribution in [0.4, 0.5) is 4.39 Å². The Bertz CT molecular complexity index is 1230. The Kier molecular flexibility index (Phi) is 6.36. The van der Waals surface area contributed by atoms with Crippen LogP contribution in [0.1, 0.15) is 21.7 Å². The number of carbonyl (C=O) groups excluding carboxylic acids is 2. The molecule has 0 unspecified atom stereocenters. The van der Waals surface area contributed by atoms with Gasteiger partial charge in [-0.05, 0) is 48.0 Å². The van der Waals surface area contributed by atoms with E-state index in [2.05, 4.69) is 20.6 Å². The minimum atomic E-state index is -0.449. The van der Waals surface area contributed by atoms with Crippen molar-refractivity contribution in [1.82, 2.24) is 20.6 Å². The van der Waals surface area contributed by atoms with Gasteiger partial charge in [0.25, 0.3) is 11.8 Å². The summed E-state index contributed by atoms with van der Waals surface area (Å²) in [5, 5.41) is 5.47. The maximum absolute atomic E-state index is 13.2. The van der Waals surface area contributed by atoms with Gasteiger partial charge in [0, 0.05) is 18.5 Å². The minimum absolute atomic E-state index is 0.0649. The molecule has 2 amide bonds. The highest BCUT2D eigenvalue weighted by molar-refractivity contribution is 6.05. The lowest BCUT2D eigenvalue weighted by atomic mass is 10.1. The SMILES string of the molecule is O=C(NCCc1nc2ccccc2[nH]1)C(=Cc1ccc(F)cc1)NC(=O)c1ccccc1. The van der Waals surface area contributed by atoms with Crippen molar-refractivity contribution < 1.29 is 14.0 Å². The summed E-state index contributed by atoms with van der Waals surface area (Å²) in [6, 6.07) is 21.9. The lowest BCUT2D eigenvalue weighted by molar-refractivity contribution is -0.117. The topological polar surface area (TPSA) is 86.9 Å². The molecule has 3 N–H and O–H groups in total. The summed E-state index contributed by atoms with van der Waals surface area (Å²) in [4.78, 5) is 33.1. The second kappa shape index (κ2) is 9.70. The van der Waals surface area contributed by atoms with Crippen molar-refractivity contribution in [2.45, 2.75) is 6.42 Å². The highest BCUT2D eigenvalue weighted by atomic mass is 19.1. The molecule has 0 aliphatic rings. The Morgan fingerprint density at radius 1 is 0.938 bits per heavy atom. The van der Waals surface area contributed by atoms with Crippen LogP contribution in [0, 0.1) is 5.82 Å². The van der Waals surface area contributed by atoms with Crippen LogP contribution in [0.2, 0.25) is 0 Å². The number of benzene rings is 3. The van der Waals surface area contributed by atoms with E-state index in [1.165, 1.54) is 30.3 Å². The zero-order chi connectivity index (χ0) is 22.3. The van der Waals surface area contributed by atoms with Gasteiger partial charge < -0.3 is 15.6 Å². The predicted octanol–water partition coefficient (Wildman–Crippen LogP) is 3.83. The van der Waals surface area contributed by atoms with E-state index in [0.717, 1.165) is 16.9 Å². The number of halogens is 1. The molecule has 0 spiro atoms. The zero-order valence-electron chi connectivity index (χ0n) is 17.1.